The molecule has 1 saturated heterocycles. The molecule has 0 atom stereocenters. The number of nitrogens with zero attached hydrogens (tertiary/aromatic N) is 1. The third-order valence-electron chi connectivity index (χ3n) is 5.04. The van der Waals surface area contributed by atoms with Crippen molar-refractivity contribution in [2.24, 2.45) is 5.41 Å². The number of hydrogen-bond donors (Lipinski definition) is 3. The predicted molar refractivity (Wildman–Crippen MR) is 123 cm³/mol. The number of urea groups is 1. The van der Waals surface area contributed by atoms with Gasteiger partial charge in [0.15, 0.2) is 0 Å². The summed E-state index contributed by atoms with van der Waals surface area (Å²) in [4.78, 5) is 26.0. The summed E-state index contributed by atoms with van der Waals surface area (Å²) in [5.74, 6) is -0.478. The van der Waals surface area contributed by atoms with Crippen LogP contribution in [0, 0.1) is 5.41 Å². The number of amides is 3. The van der Waals surface area contributed by atoms with E-state index >= 15 is 0 Å². The van der Waals surface area contributed by atoms with Crippen LogP contribution in [-0.4, -0.2) is 58.2 Å². The Morgan fingerprint density at radius 2 is 1.64 bits per heavy atom. The summed E-state index contributed by atoms with van der Waals surface area (Å²) in [6, 6.07) is 11.6. The minimum absolute atomic E-state index is 0.0237. The molecule has 0 bridgehead atoms. The SMILES string of the molecule is CC(C)(CF)C(=O)Nc1ccc(NS(=O)(=O)c2cccc(NC(=O)N3CCOCC3)c2)cc1. The maximum atomic E-state index is 13.0. The molecule has 1 aliphatic rings. The van der Waals surface area contributed by atoms with Gasteiger partial charge in [0.1, 0.15) is 6.67 Å². The second kappa shape index (κ2) is 10.2. The van der Waals surface area contributed by atoms with Crippen LogP contribution in [0.3, 0.4) is 0 Å². The van der Waals surface area contributed by atoms with Gasteiger partial charge in [-0.2, -0.15) is 0 Å². The summed E-state index contributed by atoms with van der Waals surface area (Å²) in [6.45, 7) is 4.03. The van der Waals surface area contributed by atoms with Crippen molar-refractivity contribution >= 4 is 39.0 Å². The van der Waals surface area contributed by atoms with Crippen molar-refractivity contribution in [2.75, 3.05) is 48.3 Å². The molecular formula is C22H27FN4O5S. The summed E-state index contributed by atoms with van der Waals surface area (Å²) in [6.07, 6.45) is 0. The number of halogens is 1. The van der Waals surface area contributed by atoms with E-state index in [1.54, 1.807) is 11.0 Å². The number of hydrogen-bond acceptors (Lipinski definition) is 5. The van der Waals surface area contributed by atoms with Gasteiger partial charge in [-0.05, 0) is 56.3 Å². The number of ether oxygens (including phenoxy) is 1. The molecule has 0 spiro atoms. The topological polar surface area (TPSA) is 117 Å². The van der Waals surface area contributed by atoms with E-state index in [0.717, 1.165) is 0 Å². The van der Waals surface area contributed by atoms with Gasteiger partial charge < -0.3 is 20.3 Å². The molecule has 33 heavy (non-hydrogen) atoms. The van der Waals surface area contributed by atoms with Gasteiger partial charge in [-0.1, -0.05) is 6.07 Å². The van der Waals surface area contributed by atoms with E-state index < -0.39 is 28.0 Å². The first kappa shape index (κ1) is 24.5. The number of anilines is 3. The Morgan fingerprint density at radius 1 is 1.00 bits per heavy atom. The van der Waals surface area contributed by atoms with Crippen molar-refractivity contribution in [3.63, 3.8) is 0 Å². The molecule has 3 N–H and O–H groups in total. The number of alkyl halides is 1. The van der Waals surface area contributed by atoms with E-state index in [4.69, 9.17) is 4.74 Å². The summed E-state index contributed by atoms with van der Waals surface area (Å²) in [5.41, 5.74) is -0.122. The smallest absolute Gasteiger partial charge is 0.322 e. The second-order valence-electron chi connectivity index (χ2n) is 8.21. The zero-order valence-electron chi connectivity index (χ0n) is 18.4. The van der Waals surface area contributed by atoms with Crippen LogP contribution in [0.1, 0.15) is 13.8 Å². The zero-order valence-corrected chi connectivity index (χ0v) is 19.2. The third kappa shape index (κ3) is 6.42. The van der Waals surface area contributed by atoms with Gasteiger partial charge in [-0.15, -0.1) is 0 Å². The Labute approximate surface area is 192 Å². The average Bonchev–Trinajstić information content (AvgIpc) is 2.81. The number of rotatable bonds is 7. The normalized spacial score (nSPS) is 14.5. The van der Waals surface area contributed by atoms with E-state index in [0.29, 0.717) is 37.7 Å². The van der Waals surface area contributed by atoms with Gasteiger partial charge >= 0.3 is 6.03 Å². The maximum Gasteiger partial charge on any atom is 0.322 e. The number of sulfonamides is 1. The molecule has 1 fully saturated rings. The van der Waals surface area contributed by atoms with Gasteiger partial charge in [0.05, 0.1) is 23.5 Å². The van der Waals surface area contributed by atoms with Crippen LogP contribution >= 0.6 is 0 Å². The van der Waals surface area contributed by atoms with Crippen molar-refractivity contribution in [3.05, 3.63) is 48.5 Å². The number of carbonyl (C=O) groups is 2. The van der Waals surface area contributed by atoms with Crippen molar-refractivity contribution in [1.29, 1.82) is 0 Å². The van der Waals surface area contributed by atoms with E-state index in [9.17, 15) is 22.4 Å². The van der Waals surface area contributed by atoms with Crippen molar-refractivity contribution in [2.45, 2.75) is 18.7 Å². The van der Waals surface area contributed by atoms with Gasteiger partial charge in [0.25, 0.3) is 10.0 Å². The Bertz CT molecular complexity index is 1100. The molecule has 2 aromatic carbocycles. The first-order valence-electron chi connectivity index (χ1n) is 10.3. The zero-order chi connectivity index (χ0) is 24.1. The lowest BCUT2D eigenvalue weighted by molar-refractivity contribution is -0.124. The highest BCUT2D eigenvalue weighted by Crippen LogP contribution is 2.23. The standard InChI is InChI=1S/C22H27FN4O5S/c1-22(2,15-23)20(28)24-16-6-8-17(9-7-16)26-33(30,31)19-5-3-4-18(14-19)25-21(29)27-10-12-32-13-11-27/h3-9,14,26H,10-13,15H2,1-2H3,(H,24,28)(H,25,29). The van der Waals surface area contributed by atoms with Crippen LogP contribution in [0.5, 0.6) is 0 Å². The minimum Gasteiger partial charge on any atom is -0.378 e. The first-order chi connectivity index (χ1) is 15.6. The molecule has 0 radical (unpaired) electrons. The lowest BCUT2D eigenvalue weighted by Gasteiger charge is -2.27. The van der Waals surface area contributed by atoms with Crippen molar-refractivity contribution in [3.8, 4) is 0 Å². The molecule has 2 aromatic rings. The van der Waals surface area contributed by atoms with Crippen LogP contribution in [0.4, 0.5) is 26.2 Å². The molecule has 0 saturated carbocycles. The Kier molecular flexibility index (Phi) is 7.54. The molecule has 0 unspecified atom stereocenters. The largest absolute Gasteiger partial charge is 0.378 e. The number of morpholine rings is 1. The van der Waals surface area contributed by atoms with Crippen molar-refractivity contribution in [1.82, 2.24) is 4.90 Å². The third-order valence-corrected chi connectivity index (χ3v) is 6.42. The molecule has 1 heterocycles. The van der Waals surface area contributed by atoms with E-state index in [2.05, 4.69) is 15.4 Å². The quantitative estimate of drug-likeness (QED) is 0.565. The van der Waals surface area contributed by atoms with E-state index in [1.165, 1.54) is 56.3 Å². The summed E-state index contributed by atoms with van der Waals surface area (Å²) >= 11 is 0. The Hall–Kier alpha value is -3.18. The van der Waals surface area contributed by atoms with Crippen LogP contribution in [0.2, 0.25) is 0 Å². The van der Waals surface area contributed by atoms with Crippen LogP contribution in [0.15, 0.2) is 53.4 Å². The highest BCUT2D eigenvalue weighted by atomic mass is 32.2. The van der Waals surface area contributed by atoms with Gasteiger partial charge in [-0.25, -0.2) is 17.6 Å². The highest BCUT2D eigenvalue weighted by molar-refractivity contribution is 7.92. The molecule has 9 nitrogen and oxygen atoms in total. The molecule has 3 amide bonds. The molecule has 178 valence electrons. The number of benzene rings is 2. The van der Waals surface area contributed by atoms with Crippen LogP contribution in [0.25, 0.3) is 0 Å². The Morgan fingerprint density at radius 3 is 2.27 bits per heavy atom. The van der Waals surface area contributed by atoms with Crippen molar-refractivity contribution < 1.29 is 27.1 Å². The molecule has 11 heteroatoms. The molecule has 0 aromatic heterocycles. The lowest BCUT2D eigenvalue weighted by atomic mass is 9.94. The molecule has 0 aliphatic carbocycles. The van der Waals surface area contributed by atoms with Crippen LogP contribution < -0.4 is 15.4 Å². The first-order valence-corrected chi connectivity index (χ1v) is 11.8. The summed E-state index contributed by atoms with van der Waals surface area (Å²) in [5, 5.41) is 5.30. The number of nitrogens with one attached hydrogen (secondary N) is 3. The second-order valence-corrected chi connectivity index (χ2v) is 9.89. The molecule has 3 rings (SSSR count). The number of carbonyl (C=O) groups excluding carboxylic acids is 2. The average molecular weight is 479 g/mol. The molecule has 1 aliphatic heterocycles. The lowest BCUT2D eigenvalue weighted by Crippen LogP contribution is -2.43. The van der Waals surface area contributed by atoms with Gasteiger partial charge in [0.2, 0.25) is 5.91 Å². The minimum atomic E-state index is -3.93. The van der Waals surface area contributed by atoms with E-state index in [-0.39, 0.29) is 16.6 Å². The fourth-order valence-corrected chi connectivity index (χ4v) is 4.01. The predicted octanol–water partition coefficient (Wildman–Crippen LogP) is 3.29. The Balaban J connectivity index is 1.66. The van der Waals surface area contributed by atoms with Gasteiger partial charge in [0, 0.05) is 30.2 Å². The van der Waals surface area contributed by atoms with Gasteiger partial charge in [-0.3, -0.25) is 9.52 Å². The molecular weight excluding hydrogens is 451 g/mol. The fourth-order valence-electron chi connectivity index (χ4n) is 2.91. The fraction of sp³-hybridized carbons (Fsp3) is 0.364. The summed E-state index contributed by atoms with van der Waals surface area (Å²) in [7, 11) is -3.93. The maximum absolute atomic E-state index is 13.0. The van der Waals surface area contributed by atoms with Crippen LogP contribution in [-0.2, 0) is 19.6 Å². The van der Waals surface area contributed by atoms with E-state index in [1.807, 2.05) is 0 Å². The monoisotopic (exact) mass is 478 g/mol. The highest BCUT2D eigenvalue weighted by Gasteiger charge is 2.27. The summed E-state index contributed by atoms with van der Waals surface area (Å²) < 4.78 is 46.3.